The summed E-state index contributed by atoms with van der Waals surface area (Å²) in [6.45, 7) is 2.02. The van der Waals surface area contributed by atoms with Crippen molar-refractivity contribution in [3.63, 3.8) is 0 Å². The molecule has 0 heterocycles. The van der Waals surface area contributed by atoms with Gasteiger partial charge in [0.25, 0.3) is 0 Å². The fraction of sp³-hybridized carbons (Fsp3) is 0.333. The highest BCUT2D eigenvalue weighted by Crippen LogP contribution is 2.42. The number of rotatable bonds is 5. The second-order valence-corrected chi connectivity index (χ2v) is 6.21. The van der Waals surface area contributed by atoms with Crippen molar-refractivity contribution in [2.24, 2.45) is 5.92 Å². The lowest BCUT2D eigenvalue weighted by atomic mass is 9.99. The van der Waals surface area contributed by atoms with Crippen molar-refractivity contribution in [2.75, 3.05) is 0 Å². The van der Waals surface area contributed by atoms with Crippen molar-refractivity contribution < 1.29 is 4.39 Å². The van der Waals surface area contributed by atoms with Crippen LogP contribution in [0.4, 0.5) is 4.39 Å². The highest BCUT2D eigenvalue weighted by atomic mass is 35.5. The standard InChI is InChI=1S/C18H19ClFN/c1-12(16-4-2-3-5-17(16)20)21-18(13-6-7-13)14-8-10-15(19)11-9-14/h2-5,8-13,18,21H,6-7H2,1H3. The van der Waals surface area contributed by atoms with E-state index in [0.717, 1.165) is 10.6 Å². The second-order valence-electron chi connectivity index (χ2n) is 5.78. The highest BCUT2D eigenvalue weighted by Gasteiger charge is 2.33. The average Bonchev–Trinajstić information content (AvgIpc) is 3.31. The number of hydrogen-bond acceptors (Lipinski definition) is 1. The predicted molar refractivity (Wildman–Crippen MR) is 84.9 cm³/mol. The first-order valence-electron chi connectivity index (χ1n) is 7.41. The zero-order valence-corrected chi connectivity index (χ0v) is 12.8. The second kappa shape index (κ2) is 6.17. The smallest absolute Gasteiger partial charge is 0.127 e. The van der Waals surface area contributed by atoms with Crippen LogP contribution in [0, 0.1) is 11.7 Å². The topological polar surface area (TPSA) is 12.0 Å². The molecule has 0 aliphatic heterocycles. The van der Waals surface area contributed by atoms with Crippen molar-refractivity contribution in [1.82, 2.24) is 5.32 Å². The number of hydrogen-bond donors (Lipinski definition) is 1. The molecule has 2 atom stereocenters. The summed E-state index contributed by atoms with van der Waals surface area (Å²) in [5, 5.41) is 4.33. The molecule has 1 fully saturated rings. The Hall–Kier alpha value is -1.38. The van der Waals surface area contributed by atoms with Gasteiger partial charge in [0.2, 0.25) is 0 Å². The van der Waals surface area contributed by atoms with Crippen LogP contribution in [0.25, 0.3) is 0 Å². The Balaban J connectivity index is 1.79. The third-order valence-electron chi connectivity index (χ3n) is 4.12. The lowest BCUT2D eigenvalue weighted by Crippen LogP contribution is -2.26. The Kier molecular flexibility index (Phi) is 4.27. The Bertz CT molecular complexity index is 607. The molecule has 1 saturated carbocycles. The van der Waals surface area contributed by atoms with E-state index in [1.165, 1.54) is 24.5 Å². The van der Waals surface area contributed by atoms with Crippen LogP contribution in [0.3, 0.4) is 0 Å². The van der Waals surface area contributed by atoms with Crippen molar-refractivity contribution in [3.8, 4) is 0 Å². The molecule has 0 spiro atoms. The predicted octanol–water partition coefficient (Wildman–Crippen LogP) is 5.28. The average molecular weight is 304 g/mol. The Labute approximate surface area is 130 Å². The molecule has 0 radical (unpaired) electrons. The Morgan fingerprint density at radius 3 is 2.38 bits per heavy atom. The summed E-state index contributed by atoms with van der Waals surface area (Å²) < 4.78 is 13.9. The summed E-state index contributed by atoms with van der Waals surface area (Å²) >= 11 is 5.96. The minimum atomic E-state index is -0.150. The van der Waals surface area contributed by atoms with E-state index in [1.54, 1.807) is 6.07 Å². The van der Waals surface area contributed by atoms with Gasteiger partial charge in [-0.05, 0) is 49.4 Å². The van der Waals surface area contributed by atoms with E-state index in [4.69, 9.17) is 11.6 Å². The lowest BCUT2D eigenvalue weighted by molar-refractivity contribution is 0.417. The normalized spacial score (nSPS) is 17.5. The van der Waals surface area contributed by atoms with Crippen molar-refractivity contribution in [1.29, 1.82) is 0 Å². The zero-order chi connectivity index (χ0) is 14.8. The van der Waals surface area contributed by atoms with Gasteiger partial charge in [-0.2, -0.15) is 0 Å². The minimum absolute atomic E-state index is 0.0209. The fourth-order valence-corrected chi connectivity index (χ4v) is 2.92. The third-order valence-corrected chi connectivity index (χ3v) is 4.38. The van der Waals surface area contributed by atoms with Gasteiger partial charge in [0, 0.05) is 22.7 Å². The van der Waals surface area contributed by atoms with E-state index in [2.05, 4.69) is 17.4 Å². The summed E-state index contributed by atoms with van der Waals surface area (Å²) in [5.41, 5.74) is 1.95. The first-order chi connectivity index (χ1) is 10.1. The van der Waals surface area contributed by atoms with Gasteiger partial charge in [0.15, 0.2) is 0 Å². The zero-order valence-electron chi connectivity index (χ0n) is 12.0. The fourth-order valence-electron chi connectivity index (χ4n) is 2.79. The third kappa shape index (κ3) is 3.45. The highest BCUT2D eigenvalue weighted by molar-refractivity contribution is 6.30. The maximum atomic E-state index is 13.9. The molecule has 1 nitrogen and oxygen atoms in total. The number of halogens is 2. The summed E-state index contributed by atoms with van der Waals surface area (Å²) in [5.74, 6) is 0.489. The van der Waals surface area contributed by atoms with Crippen molar-refractivity contribution in [3.05, 3.63) is 70.5 Å². The van der Waals surface area contributed by atoms with Crippen LogP contribution in [0.2, 0.25) is 5.02 Å². The molecule has 1 N–H and O–H groups in total. The molecule has 2 unspecified atom stereocenters. The molecule has 1 aliphatic carbocycles. The summed E-state index contributed by atoms with van der Waals surface area (Å²) in [7, 11) is 0. The molecule has 110 valence electrons. The maximum Gasteiger partial charge on any atom is 0.127 e. The minimum Gasteiger partial charge on any atom is -0.303 e. The maximum absolute atomic E-state index is 13.9. The Morgan fingerprint density at radius 2 is 1.76 bits per heavy atom. The molecule has 3 heteroatoms. The van der Waals surface area contributed by atoms with Crippen LogP contribution in [0.5, 0.6) is 0 Å². The molecule has 21 heavy (non-hydrogen) atoms. The molecule has 0 saturated heterocycles. The summed E-state index contributed by atoms with van der Waals surface area (Å²) in [6.07, 6.45) is 2.45. The molecule has 3 rings (SSSR count). The van der Waals surface area contributed by atoms with Gasteiger partial charge in [-0.3, -0.25) is 0 Å². The SMILES string of the molecule is CC(NC(c1ccc(Cl)cc1)C1CC1)c1ccccc1F. The van der Waals surface area contributed by atoms with Crippen LogP contribution in [-0.4, -0.2) is 0 Å². The summed E-state index contributed by atoms with van der Waals surface area (Å²) in [4.78, 5) is 0. The van der Waals surface area contributed by atoms with Gasteiger partial charge in [0.05, 0.1) is 0 Å². The van der Waals surface area contributed by atoms with E-state index < -0.39 is 0 Å². The molecule has 1 aliphatic rings. The van der Waals surface area contributed by atoms with Gasteiger partial charge in [-0.15, -0.1) is 0 Å². The van der Waals surface area contributed by atoms with Crippen LogP contribution in [0.15, 0.2) is 48.5 Å². The first-order valence-corrected chi connectivity index (χ1v) is 7.79. The van der Waals surface area contributed by atoms with Gasteiger partial charge < -0.3 is 5.32 Å². The van der Waals surface area contributed by atoms with Crippen molar-refractivity contribution in [2.45, 2.75) is 31.8 Å². The van der Waals surface area contributed by atoms with Crippen LogP contribution in [-0.2, 0) is 0 Å². The van der Waals surface area contributed by atoms with E-state index in [1.807, 2.05) is 31.2 Å². The Morgan fingerprint density at radius 1 is 1.10 bits per heavy atom. The van der Waals surface area contributed by atoms with Gasteiger partial charge in [-0.1, -0.05) is 41.9 Å². The van der Waals surface area contributed by atoms with Gasteiger partial charge in [0.1, 0.15) is 5.82 Å². The van der Waals surface area contributed by atoms with Crippen molar-refractivity contribution >= 4 is 11.6 Å². The van der Waals surface area contributed by atoms with Gasteiger partial charge >= 0.3 is 0 Å². The summed E-state index contributed by atoms with van der Waals surface area (Å²) in [6, 6.07) is 15.2. The molecule has 0 aromatic heterocycles. The van der Waals surface area contributed by atoms with E-state index in [-0.39, 0.29) is 17.9 Å². The lowest BCUT2D eigenvalue weighted by Gasteiger charge is -2.24. The van der Waals surface area contributed by atoms with Gasteiger partial charge in [-0.25, -0.2) is 4.39 Å². The quantitative estimate of drug-likeness (QED) is 0.792. The number of benzene rings is 2. The molecule has 2 aromatic carbocycles. The monoisotopic (exact) mass is 303 g/mol. The van der Waals surface area contributed by atoms with Crippen LogP contribution < -0.4 is 5.32 Å². The molecular formula is C18H19ClFN. The largest absolute Gasteiger partial charge is 0.303 e. The van der Waals surface area contributed by atoms with Crippen LogP contribution >= 0.6 is 11.6 Å². The van der Waals surface area contributed by atoms with Crippen LogP contribution in [0.1, 0.15) is 43.0 Å². The molecule has 0 amide bonds. The molecule has 2 aromatic rings. The molecular weight excluding hydrogens is 285 g/mol. The van der Waals surface area contributed by atoms with E-state index in [9.17, 15) is 4.39 Å². The first kappa shape index (κ1) is 14.6. The number of nitrogens with one attached hydrogen (secondary N) is 1. The molecule has 0 bridgehead atoms. The van der Waals surface area contributed by atoms with E-state index in [0.29, 0.717) is 5.92 Å². The van der Waals surface area contributed by atoms with E-state index >= 15 is 0 Å².